The molecule has 1 amide bonds. The van der Waals surface area contributed by atoms with E-state index in [-0.39, 0.29) is 6.04 Å². The standard InChI is InChI=1S/C17H28N4O2/c1-3-20-7-5-4-6-16(20)17(22)21-10-8-19(9-11-21)13-15-12-14(2)18-23-15/h12,16H,3-11,13H2,1-2H3/t16-/m1/s1. The van der Waals surface area contributed by atoms with Gasteiger partial charge in [-0.05, 0) is 32.9 Å². The van der Waals surface area contributed by atoms with Gasteiger partial charge in [0, 0.05) is 32.2 Å². The van der Waals surface area contributed by atoms with E-state index in [9.17, 15) is 4.79 Å². The molecule has 0 bridgehead atoms. The summed E-state index contributed by atoms with van der Waals surface area (Å²) in [6, 6.07) is 2.09. The van der Waals surface area contributed by atoms with Crippen molar-refractivity contribution in [2.24, 2.45) is 0 Å². The van der Waals surface area contributed by atoms with Gasteiger partial charge >= 0.3 is 0 Å². The van der Waals surface area contributed by atoms with Gasteiger partial charge in [-0.15, -0.1) is 0 Å². The first-order valence-electron chi connectivity index (χ1n) is 8.84. The van der Waals surface area contributed by atoms with E-state index in [4.69, 9.17) is 4.52 Å². The molecule has 0 aliphatic carbocycles. The van der Waals surface area contributed by atoms with Crippen LogP contribution in [0.3, 0.4) is 0 Å². The zero-order chi connectivity index (χ0) is 16.2. The smallest absolute Gasteiger partial charge is 0.240 e. The lowest BCUT2D eigenvalue weighted by Crippen LogP contribution is -2.55. The van der Waals surface area contributed by atoms with Crippen molar-refractivity contribution in [2.45, 2.75) is 45.7 Å². The van der Waals surface area contributed by atoms with E-state index in [0.29, 0.717) is 5.91 Å². The zero-order valence-electron chi connectivity index (χ0n) is 14.3. The second kappa shape index (κ2) is 7.45. The van der Waals surface area contributed by atoms with Crippen molar-refractivity contribution >= 4 is 5.91 Å². The first kappa shape index (κ1) is 16.5. The highest BCUT2D eigenvalue weighted by Gasteiger charge is 2.32. The van der Waals surface area contributed by atoms with Gasteiger partial charge in [0.1, 0.15) is 0 Å². The first-order chi connectivity index (χ1) is 11.2. The van der Waals surface area contributed by atoms with Gasteiger partial charge in [0.15, 0.2) is 5.76 Å². The number of amides is 1. The molecule has 3 rings (SSSR count). The van der Waals surface area contributed by atoms with Crippen LogP contribution in [-0.4, -0.2) is 71.1 Å². The summed E-state index contributed by atoms with van der Waals surface area (Å²) in [5.41, 5.74) is 0.922. The van der Waals surface area contributed by atoms with Gasteiger partial charge in [-0.1, -0.05) is 18.5 Å². The highest BCUT2D eigenvalue weighted by Crippen LogP contribution is 2.19. The number of carbonyl (C=O) groups is 1. The van der Waals surface area contributed by atoms with Crippen LogP contribution in [0, 0.1) is 6.92 Å². The Bertz CT molecular complexity index is 522. The number of aromatic nitrogens is 1. The highest BCUT2D eigenvalue weighted by atomic mass is 16.5. The topological polar surface area (TPSA) is 52.8 Å². The molecule has 0 aromatic carbocycles. The van der Waals surface area contributed by atoms with Crippen LogP contribution in [0.4, 0.5) is 0 Å². The lowest BCUT2D eigenvalue weighted by atomic mass is 10.0. The maximum Gasteiger partial charge on any atom is 0.240 e. The van der Waals surface area contributed by atoms with Crippen molar-refractivity contribution in [3.05, 3.63) is 17.5 Å². The van der Waals surface area contributed by atoms with Crippen LogP contribution in [0.25, 0.3) is 0 Å². The number of aryl methyl sites for hydroxylation is 1. The molecule has 1 aromatic rings. The van der Waals surface area contributed by atoms with E-state index in [1.807, 2.05) is 13.0 Å². The lowest BCUT2D eigenvalue weighted by molar-refractivity contribution is -0.140. The van der Waals surface area contributed by atoms with Crippen LogP contribution in [0.15, 0.2) is 10.6 Å². The summed E-state index contributed by atoms with van der Waals surface area (Å²) in [7, 11) is 0. The van der Waals surface area contributed by atoms with E-state index in [2.05, 4.69) is 26.8 Å². The van der Waals surface area contributed by atoms with E-state index in [1.54, 1.807) is 0 Å². The molecule has 0 N–H and O–H groups in total. The Labute approximate surface area is 138 Å². The Morgan fingerprint density at radius 1 is 1.26 bits per heavy atom. The van der Waals surface area contributed by atoms with Crippen molar-refractivity contribution in [1.82, 2.24) is 19.9 Å². The molecule has 1 atom stereocenters. The number of hydrogen-bond acceptors (Lipinski definition) is 5. The van der Waals surface area contributed by atoms with Gasteiger partial charge in [-0.2, -0.15) is 0 Å². The summed E-state index contributed by atoms with van der Waals surface area (Å²) in [6.45, 7) is 10.4. The monoisotopic (exact) mass is 320 g/mol. The third-order valence-electron chi connectivity index (χ3n) is 5.05. The van der Waals surface area contributed by atoms with Crippen molar-refractivity contribution < 1.29 is 9.32 Å². The molecule has 6 heteroatoms. The zero-order valence-corrected chi connectivity index (χ0v) is 14.3. The van der Waals surface area contributed by atoms with Crippen molar-refractivity contribution in [3.63, 3.8) is 0 Å². The maximum atomic E-state index is 12.8. The summed E-state index contributed by atoms with van der Waals surface area (Å²) in [4.78, 5) is 19.6. The van der Waals surface area contributed by atoms with Gasteiger partial charge < -0.3 is 9.42 Å². The molecule has 2 aliphatic heterocycles. The van der Waals surface area contributed by atoms with Crippen LogP contribution in [0.1, 0.15) is 37.6 Å². The Morgan fingerprint density at radius 2 is 2.04 bits per heavy atom. The fraction of sp³-hybridized carbons (Fsp3) is 0.765. The minimum absolute atomic E-state index is 0.109. The third kappa shape index (κ3) is 3.93. The number of hydrogen-bond donors (Lipinski definition) is 0. The largest absolute Gasteiger partial charge is 0.360 e. The van der Waals surface area contributed by atoms with Crippen molar-refractivity contribution in [2.75, 3.05) is 39.3 Å². The van der Waals surface area contributed by atoms with Gasteiger partial charge in [0.2, 0.25) is 5.91 Å². The molecule has 2 fully saturated rings. The van der Waals surface area contributed by atoms with Crippen molar-refractivity contribution in [3.8, 4) is 0 Å². The molecular formula is C17H28N4O2. The van der Waals surface area contributed by atoms with Crippen LogP contribution < -0.4 is 0 Å². The van der Waals surface area contributed by atoms with E-state index in [0.717, 1.165) is 63.7 Å². The second-order valence-corrected chi connectivity index (χ2v) is 6.68. The second-order valence-electron chi connectivity index (χ2n) is 6.68. The van der Waals surface area contributed by atoms with Gasteiger partial charge in [-0.3, -0.25) is 14.6 Å². The third-order valence-corrected chi connectivity index (χ3v) is 5.05. The minimum Gasteiger partial charge on any atom is -0.360 e. The number of likely N-dealkylation sites (N-methyl/N-ethyl adjacent to an activating group) is 1. The number of piperazine rings is 1. The highest BCUT2D eigenvalue weighted by molar-refractivity contribution is 5.82. The molecule has 2 aliphatic rings. The van der Waals surface area contributed by atoms with Gasteiger partial charge in [-0.25, -0.2) is 0 Å². The molecular weight excluding hydrogens is 292 g/mol. The quantitative estimate of drug-likeness (QED) is 0.841. The van der Waals surface area contributed by atoms with E-state index >= 15 is 0 Å². The molecule has 0 saturated carbocycles. The number of piperidine rings is 1. The Balaban J connectivity index is 1.50. The summed E-state index contributed by atoms with van der Waals surface area (Å²) in [6.07, 6.45) is 3.42. The Kier molecular flexibility index (Phi) is 5.33. The van der Waals surface area contributed by atoms with Crippen molar-refractivity contribution in [1.29, 1.82) is 0 Å². The summed E-state index contributed by atoms with van der Waals surface area (Å²) in [5.74, 6) is 1.24. The van der Waals surface area contributed by atoms with E-state index < -0.39 is 0 Å². The summed E-state index contributed by atoms with van der Waals surface area (Å²) >= 11 is 0. The number of nitrogens with zero attached hydrogens (tertiary/aromatic N) is 4. The molecule has 3 heterocycles. The van der Waals surface area contributed by atoms with Gasteiger partial charge in [0.25, 0.3) is 0 Å². The van der Waals surface area contributed by atoms with Crippen LogP contribution in [0.2, 0.25) is 0 Å². The van der Waals surface area contributed by atoms with E-state index in [1.165, 1.54) is 12.8 Å². The Morgan fingerprint density at radius 3 is 2.70 bits per heavy atom. The summed E-state index contributed by atoms with van der Waals surface area (Å²) in [5, 5.41) is 3.93. The number of likely N-dealkylation sites (tertiary alicyclic amines) is 1. The number of rotatable bonds is 4. The molecule has 0 radical (unpaired) electrons. The predicted octanol–water partition coefficient (Wildman–Crippen LogP) is 1.50. The van der Waals surface area contributed by atoms with Crippen LogP contribution >= 0.6 is 0 Å². The molecule has 128 valence electrons. The van der Waals surface area contributed by atoms with Crippen LogP contribution in [-0.2, 0) is 11.3 Å². The normalized spacial score (nSPS) is 24.1. The predicted molar refractivity (Wildman–Crippen MR) is 88.0 cm³/mol. The minimum atomic E-state index is 0.109. The molecule has 0 spiro atoms. The number of carbonyl (C=O) groups excluding carboxylic acids is 1. The fourth-order valence-corrected chi connectivity index (χ4v) is 3.70. The summed E-state index contributed by atoms with van der Waals surface area (Å²) < 4.78 is 5.29. The molecule has 1 aromatic heterocycles. The SMILES string of the molecule is CCN1CCCC[C@@H]1C(=O)N1CCN(Cc2cc(C)no2)CC1. The Hall–Kier alpha value is -1.40. The average Bonchev–Trinajstić information content (AvgIpc) is 3.00. The molecule has 2 saturated heterocycles. The average molecular weight is 320 g/mol. The first-order valence-corrected chi connectivity index (χ1v) is 8.84. The lowest BCUT2D eigenvalue weighted by Gasteiger charge is -2.40. The maximum absolute atomic E-state index is 12.8. The fourth-order valence-electron chi connectivity index (χ4n) is 3.70. The van der Waals surface area contributed by atoms with Crippen LogP contribution in [0.5, 0.6) is 0 Å². The molecule has 0 unspecified atom stereocenters. The molecule has 6 nitrogen and oxygen atoms in total. The van der Waals surface area contributed by atoms with Gasteiger partial charge in [0.05, 0.1) is 18.3 Å². The molecule has 23 heavy (non-hydrogen) atoms.